The number of thiophene rings is 1. The summed E-state index contributed by atoms with van der Waals surface area (Å²) in [6, 6.07) is 0. The van der Waals surface area contributed by atoms with Crippen LogP contribution in [-0.4, -0.2) is 47.0 Å². The van der Waals surface area contributed by atoms with Crippen LogP contribution in [0.1, 0.15) is 47.0 Å². The van der Waals surface area contributed by atoms with Gasteiger partial charge in [0.15, 0.2) is 0 Å². The van der Waals surface area contributed by atoms with Crippen molar-refractivity contribution in [2.75, 3.05) is 31.3 Å². The number of anilines is 1. The van der Waals surface area contributed by atoms with Gasteiger partial charge in [0, 0.05) is 18.0 Å². The van der Waals surface area contributed by atoms with E-state index in [9.17, 15) is 9.59 Å². The fourth-order valence-electron chi connectivity index (χ4n) is 3.44. The molecule has 0 bridgehead atoms. The van der Waals surface area contributed by atoms with E-state index < -0.39 is 0 Å². The molecule has 2 heterocycles. The van der Waals surface area contributed by atoms with Gasteiger partial charge in [-0.1, -0.05) is 30.9 Å². The van der Waals surface area contributed by atoms with E-state index in [0.29, 0.717) is 16.5 Å². The molecule has 26 heavy (non-hydrogen) atoms. The summed E-state index contributed by atoms with van der Waals surface area (Å²) in [5.41, 5.74) is 1.59. The Morgan fingerprint density at radius 1 is 1.38 bits per heavy atom. The summed E-state index contributed by atoms with van der Waals surface area (Å²) in [5, 5.41) is 3.54. The molecule has 1 atom stereocenters. The third-order valence-electron chi connectivity index (χ3n) is 4.85. The predicted octanol–water partition coefficient (Wildman–Crippen LogP) is 3.71. The second kappa shape index (κ2) is 8.71. The second-order valence-corrected chi connectivity index (χ2v) is 9.56. The van der Waals surface area contributed by atoms with E-state index in [1.165, 1.54) is 35.1 Å². The topological polar surface area (TPSA) is 58.6 Å². The number of methoxy groups -OCH3 is 1. The van der Waals surface area contributed by atoms with Gasteiger partial charge in [0.1, 0.15) is 9.32 Å². The maximum atomic E-state index is 12.4. The summed E-state index contributed by atoms with van der Waals surface area (Å²) >= 11 is 8.31. The van der Waals surface area contributed by atoms with Gasteiger partial charge >= 0.3 is 5.97 Å². The molecular formula is C18H24N2O3S3. The number of esters is 1. The van der Waals surface area contributed by atoms with E-state index in [0.717, 1.165) is 55.1 Å². The Morgan fingerprint density at radius 2 is 2.12 bits per heavy atom. The van der Waals surface area contributed by atoms with Crippen LogP contribution in [-0.2, 0) is 22.4 Å². The van der Waals surface area contributed by atoms with E-state index in [-0.39, 0.29) is 17.6 Å². The lowest BCUT2D eigenvalue weighted by molar-refractivity contribution is -0.113. The Bertz CT molecular complexity index is 711. The summed E-state index contributed by atoms with van der Waals surface area (Å²) in [5.74, 6) is 0.360. The van der Waals surface area contributed by atoms with Crippen LogP contribution < -0.4 is 5.32 Å². The highest BCUT2D eigenvalue weighted by Gasteiger charge is 2.29. The quantitative estimate of drug-likeness (QED) is 0.601. The van der Waals surface area contributed by atoms with Crippen molar-refractivity contribution in [3.63, 3.8) is 0 Å². The number of carbonyl (C=O) groups is 2. The number of nitrogens with zero attached hydrogens (tertiary/aromatic N) is 1. The number of ether oxygens (including phenoxy) is 1. The molecule has 1 aromatic heterocycles. The number of hydrogen-bond donors (Lipinski definition) is 1. The molecule has 1 saturated heterocycles. The maximum Gasteiger partial charge on any atom is 0.341 e. The third kappa shape index (κ3) is 4.40. The molecule has 1 fully saturated rings. The van der Waals surface area contributed by atoms with Gasteiger partial charge in [0.2, 0.25) is 5.91 Å². The monoisotopic (exact) mass is 412 g/mol. The Kier molecular flexibility index (Phi) is 6.58. The molecule has 3 rings (SSSR count). The highest BCUT2D eigenvalue weighted by molar-refractivity contribution is 8.23. The Labute approximate surface area is 167 Å². The van der Waals surface area contributed by atoms with Gasteiger partial charge in [-0.25, -0.2) is 4.79 Å². The summed E-state index contributed by atoms with van der Waals surface area (Å²) < 4.78 is 5.74. The molecule has 0 spiro atoms. The largest absolute Gasteiger partial charge is 0.465 e. The van der Waals surface area contributed by atoms with E-state index in [1.54, 1.807) is 0 Å². The van der Waals surface area contributed by atoms with Crippen LogP contribution in [0.15, 0.2) is 0 Å². The molecule has 1 amide bonds. The number of likely N-dealkylation sites (tertiary alicyclic amines) is 1. The number of nitrogens with one attached hydrogen (secondary N) is 1. The van der Waals surface area contributed by atoms with Crippen molar-refractivity contribution < 1.29 is 14.3 Å². The lowest BCUT2D eigenvalue weighted by Crippen LogP contribution is -2.25. The van der Waals surface area contributed by atoms with Crippen LogP contribution in [0.25, 0.3) is 0 Å². The Morgan fingerprint density at radius 3 is 2.81 bits per heavy atom. The highest BCUT2D eigenvalue weighted by atomic mass is 32.2. The number of thioether (sulfide) groups is 1. The van der Waals surface area contributed by atoms with Gasteiger partial charge in [-0.2, -0.15) is 0 Å². The zero-order valence-electron chi connectivity index (χ0n) is 15.1. The first-order valence-electron chi connectivity index (χ1n) is 8.94. The van der Waals surface area contributed by atoms with Crippen molar-refractivity contribution in [3.8, 4) is 0 Å². The molecular weight excluding hydrogens is 388 g/mol. The van der Waals surface area contributed by atoms with Gasteiger partial charge in [-0.15, -0.1) is 11.3 Å². The second-order valence-electron chi connectivity index (χ2n) is 6.84. The van der Waals surface area contributed by atoms with Crippen LogP contribution in [0.4, 0.5) is 5.00 Å². The molecule has 142 valence electrons. The van der Waals surface area contributed by atoms with Crippen LogP contribution >= 0.6 is 35.3 Å². The lowest BCUT2D eigenvalue weighted by atomic mass is 9.88. The molecule has 1 N–H and O–H groups in total. The smallest absolute Gasteiger partial charge is 0.341 e. The van der Waals surface area contributed by atoms with Crippen molar-refractivity contribution in [2.45, 2.75) is 39.0 Å². The van der Waals surface area contributed by atoms with Crippen molar-refractivity contribution in [1.29, 1.82) is 0 Å². The van der Waals surface area contributed by atoms with Crippen molar-refractivity contribution in [1.82, 2.24) is 4.90 Å². The molecule has 1 aliphatic carbocycles. The lowest BCUT2D eigenvalue weighted by Gasteiger charge is -2.18. The number of thiocarbonyl (C=S) groups is 1. The molecule has 5 nitrogen and oxygen atoms in total. The molecule has 0 aromatic carbocycles. The van der Waals surface area contributed by atoms with Gasteiger partial charge in [0.05, 0.1) is 18.4 Å². The van der Waals surface area contributed by atoms with Gasteiger partial charge in [-0.3, -0.25) is 4.79 Å². The number of rotatable bonds is 4. The number of fused-ring (bicyclic) bond motifs is 1. The van der Waals surface area contributed by atoms with Gasteiger partial charge in [0.25, 0.3) is 0 Å². The molecule has 1 unspecified atom stereocenters. The molecule has 1 aromatic rings. The summed E-state index contributed by atoms with van der Waals surface area (Å²) in [6.07, 6.45) is 5.19. The SMILES string of the molecule is COC(=O)c1c(NC(=O)CSC(=S)N2CCCC2)sc2c1CCC(C)C2. The predicted molar refractivity (Wildman–Crippen MR) is 111 cm³/mol. The average molecular weight is 413 g/mol. The molecule has 0 saturated carbocycles. The normalized spacial score (nSPS) is 19.2. The highest BCUT2D eigenvalue weighted by Crippen LogP contribution is 2.40. The Balaban J connectivity index is 1.67. The first-order chi connectivity index (χ1) is 12.5. The van der Waals surface area contributed by atoms with Gasteiger partial charge in [-0.05, 0) is 43.6 Å². The minimum absolute atomic E-state index is 0.131. The number of hydrogen-bond acceptors (Lipinski definition) is 6. The van der Waals surface area contributed by atoms with E-state index in [4.69, 9.17) is 17.0 Å². The van der Waals surface area contributed by atoms with E-state index in [1.807, 2.05) is 0 Å². The average Bonchev–Trinajstić information content (AvgIpc) is 3.26. The Hall–Kier alpha value is -1.12. The third-order valence-corrected chi connectivity index (χ3v) is 7.54. The van der Waals surface area contributed by atoms with Crippen molar-refractivity contribution >= 4 is 56.5 Å². The summed E-state index contributed by atoms with van der Waals surface area (Å²) in [7, 11) is 1.38. The maximum absolute atomic E-state index is 12.4. The standard InChI is InChI=1S/C18H24N2O3S3/c1-11-5-6-12-13(9-11)26-16(15(12)17(22)23-2)19-14(21)10-25-18(24)20-7-3-4-8-20/h11H,3-10H2,1-2H3,(H,19,21). The molecule has 8 heteroatoms. The summed E-state index contributed by atoms with van der Waals surface area (Å²) in [6.45, 7) is 4.18. The fraction of sp³-hybridized carbons (Fsp3) is 0.611. The van der Waals surface area contributed by atoms with Crippen LogP contribution in [0, 0.1) is 5.92 Å². The minimum atomic E-state index is -0.368. The van der Waals surface area contributed by atoms with E-state index in [2.05, 4.69) is 17.1 Å². The number of amides is 1. The van der Waals surface area contributed by atoms with Crippen molar-refractivity contribution in [3.05, 3.63) is 16.0 Å². The molecule has 1 aliphatic heterocycles. The molecule has 2 aliphatic rings. The van der Waals surface area contributed by atoms with Gasteiger partial charge < -0.3 is 15.0 Å². The van der Waals surface area contributed by atoms with Crippen LogP contribution in [0.3, 0.4) is 0 Å². The minimum Gasteiger partial charge on any atom is -0.465 e. The number of carbonyl (C=O) groups excluding carboxylic acids is 2. The zero-order chi connectivity index (χ0) is 18.7. The van der Waals surface area contributed by atoms with Crippen molar-refractivity contribution in [2.24, 2.45) is 5.92 Å². The van der Waals surface area contributed by atoms with E-state index >= 15 is 0 Å². The van der Waals surface area contributed by atoms with Crippen LogP contribution in [0.2, 0.25) is 0 Å². The fourth-order valence-corrected chi connectivity index (χ4v) is 5.90. The van der Waals surface area contributed by atoms with Crippen LogP contribution in [0.5, 0.6) is 0 Å². The summed E-state index contributed by atoms with van der Waals surface area (Å²) in [4.78, 5) is 28.0. The first kappa shape index (κ1) is 19.6. The zero-order valence-corrected chi connectivity index (χ0v) is 17.6. The molecule has 0 radical (unpaired) electrons. The first-order valence-corrected chi connectivity index (χ1v) is 11.1.